The summed E-state index contributed by atoms with van der Waals surface area (Å²) >= 11 is 3.40. The van der Waals surface area contributed by atoms with Crippen LogP contribution in [0, 0.1) is 0 Å². The quantitative estimate of drug-likeness (QED) is 0.858. The summed E-state index contributed by atoms with van der Waals surface area (Å²) in [5.41, 5.74) is 7.35. The van der Waals surface area contributed by atoms with Gasteiger partial charge >= 0.3 is 0 Å². The van der Waals surface area contributed by atoms with E-state index >= 15 is 0 Å². The van der Waals surface area contributed by atoms with Crippen molar-refractivity contribution in [2.24, 2.45) is 0 Å². The Labute approximate surface area is 92.6 Å². The second-order valence-electron chi connectivity index (χ2n) is 3.32. The highest BCUT2D eigenvalue weighted by Crippen LogP contribution is 2.26. The van der Waals surface area contributed by atoms with E-state index in [4.69, 9.17) is 5.73 Å². The molecule has 0 saturated carbocycles. The number of hydrogen-bond acceptors (Lipinski definition) is 4. The molecule has 0 radical (unpaired) electrons. The molecular weight excluding hydrogens is 244 g/mol. The van der Waals surface area contributed by atoms with E-state index in [1.807, 2.05) is 14.1 Å². The van der Waals surface area contributed by atoms with Crippen molar-refractivity contribution in [2.45, 2.75) is 0 Å². The number of rotatable bonds is 4. The van der Waals surface area contributed by atoms with Gasteiger partial charge in [-0.25, -0.2) is 0 Å². The number of nitrogens with zero attached hydrogens (tertiary/aromatic N) is 2. The molecule has 4 nitrogen and oxygen atoms in total. The van der Waals surface area contributed by atoms with Gasteiger partial charge in [0.25, 0.3) is 0 Å². The maximum atomic E-state index is 5.77. The van der Waals surface area contributed by atoms with Gasteiger partial charge in [0.05, 0.1) is 22.0 Å². The largest absolute Gasteiger partial charge is 0.396 e. The first-order valence-electron chi connectivity index (χ1n) is 4.39. The number of aromatic nitrogens is 1. The molecule has 5 heteroatoms. The average Bonchev–Trinajstić information content (AvgIpc) is 2.09. The maximum Gasteiger partial charge on any atom is 0.0750 e. The molecule has 14 heavy (non-hydrogen) atoms. The lowest BCUT2D eigenvalue weighted by molar-refractivity contribution is 0.425. The molecule has 1 rings (SSSR count). The Bertz CT molecular complexity index is 281. The lowest BCUT2D eigenvalue weighted by Gasteiger charge is -2.13. The fourth-order valence-corrected chi connectivity index (χ4v) is 1.53. The molecule has 1 aromatic rings. The predicted octanol–water partition coefficient (Wildman–Crippen LogP) is 1.40. The number of anilines is 2. The predicted molar refractivity (Wildman–Crippen MR) is 63.4 cm³/mol. The molecular formula is C9H15BrN4. The molecule has 0 saturated heterocycles. The van der Waals surface area contributed by atoms with Crippen LogP contribution >= 0.6 is 15.9 Å². The van der Waals surface area contributed by atoms with Gasteiger partial charge in [0.2, 0.25) is 0 Å². The Balaban J connectivity index is 2.58. The van der Waals surface area contributed by atoms with E-state index in [0.717, 1.165) is 23.2 Å². The summed E-state index contributed by atoms with van der Waals surface area (Å²) < 4.78 is 0.899. The van der Waals surface area contributed by atoms with Crippen LogP contribution in [-0.4, -0.2) is 37.1 Å². The topological polar surface area (TPSA) is 54.2 Å². The van der Waals surface area contributed by atoms with Crippen molar-refractivity contribution in [2.75, 3.05) is 38.2 Å². The Kier molecular flexibility index (Phi) is 4.16. The number of nitrogens with one attached hydrogen (secondary N) is 1. The molecule has 0 atom stereocenters. The van der Waals surface area contributed by atoms with Gasteiger partial charge in [0.15, 0.2) is 0 Å². The van der Waals surface area contributed by atoms with E-state index in [1.165, 1.54) is 0 Å². The highest BCUT2D eigenvalue weighted by Gasteiger charge is 2.03. The Morgan fingerprint density at radius 3 is 2.79 bits per heavy atom. The Morgan fingerprint density at radius 2 is 2.21 bits per heavy atom. The summed E-state index contributed by atoms with van der Waals surface area (Å²) in [6, 6.07) is 0. The van der Waals surface area contributed by atoms with E-state index in [-0.39, 0.29) is 0 Å². The molecule has 3 N–H and O–H groups in total. The molecule has 1 heterocycles. The van der Waals surface area contributed by atoms with Crippen molar-refractivity contribution in [3.63, 3.8) is 0 Å². The van der Waals surface area contributed by atoms with Crippen molar-refractivity contribution >= 4 is 27.3 Å². The first-order chi connectivity index (χ1) is 6.61. The van der Waals surface area contributed by atoms with Crippen LogP contribution in [0.1, 0.15) is 0 Å². The van der Waals surface area contributed by atoms with Crippen LogP contribution in [0.4, 0.5) is 11.4 Å². The summed E-state index contributed by atoms with van der Waals surface area (Å²) in [6.45, 7) is 1.83. The third-order valence-electron chi connectivity index (χ3n) is 1.79. The molecule has 0 spiro atoms. The van der Waals surface area contributed by atoms with Gasteiger partial charge in [-0.3, -0.25) is 4.98 Å². The van der Waals surface area contributed by atoms with Crippen LogP contribution in [0.2, 0.25) is 0 Å². The van der Waals surface area contributed by atoms with Crippen LogP contribution in [-0.2, 0) is 0 Å². The molecule has 0 aliphatic heterocycles. The van der Waals surface area contributed by atoms with Gasteiger partial charge in [-0.2, -0.15) is 0 Å². The monoisotopic (exact) mass is 258 g/mol. The molecule has 0 aliphatic rings. The first kappa shape index (κ1) is 11.3. The van der Waals surface area contributed by atoms with Crippen LogP contribution in [0.3, 0.4) is 0 Å². The van der Waals surface area contributed by atoms with Crippen LogP contribution < -0.4 is 11.1 Å². The third-order valence-corrected chi connectivity index (χ3v) is 2.39. The molecule has 0 amide bonds. The van der Waals surface area contributed by atoms with E-state index < -0.39 is 0 Å². The number of nitrogens with two attached hydrogens (primary N) is 1. The summed E-state index contributed by atoms with van der Waals surface area (Å²) in [5.74, 6) is 0. The summed E-state index contributed by atoms with van der Waals surface area (Å²) in [7, 11) is 4.07. The Hall–Kier alpha value is -0.810. The molecule has 78 valence electrons. The fourth-order valence-electron chi connectivity index (χ4n) is 1.04. The second kappa shape index (κ2) is 5.17. The van der Waals surface area contributed by atoms with Crippen molar-refractivity contribution in [1.82, 2.24) is 9.88 Å². The van der Waals surface area contributed by atoms with Crippen LogP contribution in [0.15, 0.2) is 16.9 Å². The second-order valence-corrected chi connectivity index (χ2v) is 4.17. The number of likely N-dealkylation sites (N-methyl/N-ethyl adjacent to an activating group) is 1. The maximum absolute atomic E-state index is 5.77. The van der Waals surface area contributed by atoms with Crippen molar-refractivity contribution < 1.29 is 0 Å². The van der Waals surface area contributed by atoms with Gasteiger partial charge in [-0.1, -0.05) is 0 Å². The third kappa shape index (κ3) is 3.16. The average molecular weight is 259 g/mol. The van der Waals surface area contributed by atoms with Gasteiger partial charge < -0.3 is 16.0 Å². The zero-order chi connectivity index (χ0) is 10.6. The molecule has 1 aromatic heterocycles. The van der Waals surface area contributed by atoms with Gasteiger partial charge in [0.1, 0.15) is 0 Å². The molecule has 0 fully saturated rings. The number of halogens is 1. The highest BCUT2D eigenvalue weighted by atomic mass is 79.9. The lowest BCUT2D eigenvalue weighted by atomic mass is 10.3. The normalized spacial score (nSPS) is 10.6. The van der Waals surface area contributed by atoms with E-state index in [0.29, 0.717) is 5.69 Å². The van der Waals surface area contributed by atoms with Gasteiger partial charge in [0, 0.05) is 19.3 Å². The highest BCUT2D eigenvalue weighted by molar-refractivity contribution is 9.10. The lowest BCUT2D eigenvalue weighted by Crippen LogP contribution is -2.21. The van der Waals surface area contributed by atoms with Crippen molar-refractivity contribution in [3.8, 4) is 0 Å². The van der Waals surface area contributed by atoms with E-state index in [9.17, 15) is 0 Å². The fraction of sp³-hybridized carbons (Fsp3) is 0.444. The standard InChI is InChI=1S/C9H15BrN4/c1-14(2)4-3-13-9-7(10)5-12-6-8(9)11/h5-6H,3-4,11H2,1-2H3,(H,12,13). The van der Waals surface area contributed by atoms with Crippen LogP contribution in [0.25, 0.3) is 0 Å². The number of pyridine rings is 1. The smallest absolute Gasteiger partial charge is 0.0750 e. The Morgan fingerprint density at radius 1 is 1.50 bits per heavy atom. The number of nitrogen functional groups attached to an aromatic ring is 1. The minimum Gasteiger partial charge on any atom is -0.396 e. The molecule has 0 aromatic carbocycles. The number of hydrogen-bond donors (Lipinski definition) is 2. The van der Waals surface area contributed by atoms with Crippen LogP contribution in [0.5, 0.6) is 0 Å². The van der Waals surface area contributed by atoms with E-state index in [2.05, 4.69) is 31.1 Å². The van der Waals surface area contributed by atoms with Crippen molar-refractivity contribution in [1.29, 1.82) is 0 Å². The van der Waals surface area contributed by atoms with E-state index in [1.54, 1.807) is 12.4 Å². The van der Waals surface area contributed by atoms with Gasteiger partial charge in [-0.15, -0.1) is 0 Å². The molecule has 0 unspecified atom stereocenters. The molecule has 0 aliphatic carbocycles. The molecule has 0 bridgehead atoms. The van der Waals surface area contributed by atoms with Gasteiger partial charge in [-0.05, 0) is 30.0 Å². The minimum atomic E-state index is 0.665. The van der Waals surface area contributed by atoms with Crippen molar-refractivity contribution in [3.05, 3.63) is 16.9 Å². The summed E-state index contributed by atoms with van der Waals surface area (Å²) in [5, 5.41) is 3.26. The first-order valence-corrected chi connectivity index (χ1v) is 5.18. The zero-order valence-electron chi connectivity index (χ0n) is 8.42. The SMILES string of the molecule is CN(C)CCNc1c(N)cncc1Br. The summed E-state index contributed by atoms with van der Waals surface area (Å²) in [4.78, 5) is 6.07. The minimum absolute atomic E-state index is 0.665. The summed E-state index contributed by atoms with van der Waals surface area (Å²) in [6.07, 6.45) is 3.37. The zero-order valence-corrected chi connectivity index (χ0v) is 10.0.